The van der Waals surface area contributed by atoms with Gasteiger partial charge in [0.2, 0.25) is 0 Å². The van der Waals surface area contributed by atoms with Gasteiger partial charge in [-0.2, -0.15) is 0 Å². The van der Waals surface area contributed by atoms with Crippen LogP contribution in [0.3, 0.4) is 0 Å². The summed E-state index contributed by atoms with van der Waals surface area (Å²) in [5.74, 6) is 0. The van der Waals surface area contributed by atoms with Crippen LogP contribution in [0.4, 0.5) is 0 Å². The average Bonchev–Trinajstić information content (AvgIpc) is 2.11. The summed E-state index contributed by atoms with van der Waals surface area (Å²) < 4.78 is 0. The third-order valence-corrected chi connectivity index (χ3v) is 1.88. The van der Waals surface area contributed by atoms with Gasteiger partial charge in [-0.3, -0.25) is 0 Å². The van der Waals surface area contributed by atoms with Crippen molar-refractivity contribution in [3.63, 3.8) is 0 Å². The van der Waals surface area contributed by atoms with E-state index in [1.165, 1.54) is 19.3 Å². The Hall–Kier alpha value is -0.720. The van der Waals surface area contributed by atoms with Crippen LogP contribution in [-0.4, -0.2) is 18.0 Å². The third-order valence-electron chi connectivity index (χ3n) is 1.88. The molecule has 0 bridgehead atoms. The summed E-state index contributed by atoms with van der Waals surface area (Å²) >= 11 is 0. The Morgan fingerprint density at radius 1 is 1.33 bits per heavy atom. The second-order valence-corrected chi connectivity index (χ2v) is 2.95. The minimum atomic E-state index is 1.00. The van der Waals surface area contributed by atoms with Gasteiger partial charge in [-0.05, 0) is 19.5 Å². The van der Waals surface area contributed by atoms with Gasteiger partial charge in [-0.15, -0.1) is 0 Å². The molecule has 70 valence electrons. The van der Waals surface area contributed by atoms with Gasteiger partial charge >= 0.3 is 0 Å². The Morgan fingerprint density at radius 3 is 2.58 bits per heavy atom. The molecule has 0 unspecified atom stereocenters. The highest BCUT2D eigenvalue weighted by atomic mass is 15.1. The van der Waals surface area contributed by atoms with E-state index in [1.54, 1.807) is 0 Å². The highest BCUT2D eigenvalue weighted by Crippen LogP contribution is 1.98. The van der Waals surface area contributed by atoms with Gasteiger partial charge in [-0.25, -0.2) is 0 Å². The molecule has 0 amide bonds. The molecule has 0 saturated carbocycles. The molecule has 0 aromatic rings. The monoisotopic (exact) mass is 167 g/mol. The smallest absolute Gasteiger partial charge is 0.0353 e. The van der Waals surface area contributed by atoms with Crippen molar-refractivity contribution in [1.82, 2.24) is 4.90 Å². The zero-order valence-electron chi connectivity index (χ0n) is 8.42. The molecule has 0 heterocycles. The van der Waals surface area contributed by atoms with Crippen LogP contribution in [0.25, 0.3) is 0 Å². The van der Waals surface area contributed by atoms with Crippen LogP contribution in [0.5, 0.6) is 0 Å². The third kappa shape index (κ3) is 6.02. The molecule has 0 aromatic heterocycles. The van der Waals surface area contributed by atoms with Gasteiger partial charge in [0, 0.05) is 13.1 Å². The molecule has 12 heavy (non-hydrogen) atoms. The van der Waals surface area contributed by atoms with Crippen LogP contribution in [0.2, 0.25) is 0 Å². The standard InChI is InChI=1S/C11H21N/c1-4-7-9-11-12(6-3)10-8-5-2/h5-6,8H,3-4,7,9-11H2,1-2H3. The zero-order chi connectivity index (χ0) is 9.23. The number of hydrogen-bond acceptors (Lipinski definition) is 1. The van der Waals surface area contributed by atoms with Crippen LogP contribution in [-0.2, 0) is 0 Å². The first-order valence-corrected chi connectivity index (χ1v) is 4.82. The van der Waals surface area contributed by atoms with Gasteiger partial charge in [0.15, 0.2) is 0 Å². The fourth-order valence-corrected chi connectivity index (χ4v) is 1.06. The molecular formula is C11H21N. The van der Waals surface area contributed by atoms with Crippen molar-refractivity contribution in [2.24, 2.45) is 0 Å². The van der Waals surface area contributed by atoms with Crippen LogP contribution in [0.1, 0.15) is 33.1 Å². The molecule has 0 N–H and O–H groups in total. The molecule has 0 rings (SSSR count). The first-order valence-electron chi connectivity index (χ1n) is 4.82. The van der Waals surface area contributed by atoms with E-state index in [0.717, 1.165) is 13.1 Å². The largest absolute Gasteiger partial charge is 0.374 e. The van der Waals surface area contributed by atoms with E-state index < -0.39 is 0 Å². The summed E-state index contributed by atoms with van der Waals surface area (Å²) in [6.45, 7) is 10.2. The van der Waals surface area contributed by atoms with E-state index in [0.29, 0.717) is 0 Å². The number of allylic oxidation sites excluding steroid dienone is 1. The normalized spacial score (nSPS) is 10.5. The fraction of sp³-hybridized carbons (Fsp3) is 0.636. The van der Waals surface area contributed by atoms with Gasteiger partial charge in [0.1, 0.15) is 0 Å². The van der Waals surface area contributed by atoms with Crippen LogP contribution < -0.4 is 0 Å². The molecule has 0 aliphatic heterocycles. The van der Waals surface area contributed by atoms with E-state index in [4.69, 9.17) is 0 Å². The lowest BCUT2D eigenvalue weighted by Gasteiger charge is -2.17. The Morgan fingerprint density at radius 2 is 2.08 bits per heavy atom. The fourth-order valence-electron chi connectivity index (χ4n) is 1.06. The van der Waals surface area contributed by atoms with E-state index in [9.17, 15) is 0 Å². The van der Waals surface area contributed by atoms with Crippen LogP contribution in [0, 0.1) is 0 Å². The van der Waals surface area contributed by atoms with Gasteiger partial charge < -0.3 is 4.90 Å². The number of hydrogen-bond donors (Lipinski definition) is 0. The highest BCUT2D eigenvalue weighted by molar-refractivity contribution is 4.84. The van der Waals surface area contributed by atoms with Crippen molar-refractivity contribution in [2.75, 3.05) is 13.1 Å². The van der Waals surface area contributed by atoms with Crippen molar-refractivity contribution < 1.29 is 0 Å². The van der Waals surface area contributed by atoms with Gasteiger partial charge in [0.25, 0.3) is 0 Å². The minimum absolute atomic E-state index is 1.00. The maximum Gasteiger partial charge on any atom is 0.0353 e. The first kappa shape index (κ1) is 11.3. The molecule has 0 spiro atoms. The topological polar surface area (TPSA) is 3.24 Å². The van der Waals surface area contributed by atoms with Crippen LogP contribution >= 0.6 is 0 Å². The molecule has 0 radical (unpaired) electrons. The maximum absolute atomic E-state index is 3.78. The van der Waals surface area contributed by atoms with E-state index in [2.05, 4.69) is 30.6 Å². The van der Waals surface area contributed by atoms with Gasteiger partial charge in [-0.1, -0.05) is 38.5 Å². The van der Waals surface area contributed by atoms with E-state index in [-0.39, 0.29) is 0 Å². The first-order chi connectivity index (χ1) is 5.85. The quantitative estimate of drug-likeness (QED) is 0.416. The van der Waals surface area contributed by atoms with Crippen molar-refractivity contribution in [3.05, 3.63) is 24.9 Å². The molecule has 0 aliphatic carbocycles. The lowest BCUT2D eigenvalue weighted by Crippen LogP contribution is -2.17. The van der Waals surface area contributed by atoms with Crippen LogP contribution in [0.15, 0.2) is 24.9 Å². The van der Waals surface area contributed by atoms with E-state index >= 15 is 0 Å². The van der Waals surface area contributed by atoms with Gasteiger partial charge in [0.05, 0.1) is 0 Å². The number of unbranched alkanes of at least 4 members (excludes halogenated alkanes) is 2. The van der Waals surface area contributed by atoms with Crippen molar-refractivity contribution >= 4 is 0 Å². The summed E-state index contributed by atoms with van der Waals surface area (Å²) in [7, 11) is 0. The predicted octanol–water partition coefficient (Wildman–Crippen LogP) is 3.20. The molecule has 1 heteroatoms. The average molecular weight is 167 g/mol. The molecule has 0 saturated heterocycles. The minimum Gasteiger partial charge on any atom is -0.374 e. The lowest BCUT2D eigenvalue weighted by molar-refractivity contribution is 0.400. The van der Waals surface area contributed by atoms with E-state index in [1.807, 2.05) is 13.1 Å². The summed E-state index contributed by atoms with van der Waals surface area (Å²) in [4.78, 5) is 2.25. The van der Waals surface area contributed by atoms with Crippen molar-refractivity contribution in [2.45, 2.75) is 33.1 Å². The molecular weight excluding hydrogens is 146 g/mol. The predicted molar refractivity (Wildman–Crippen MR) is 56.1 cm³/mol. The highest BCUT2D eigenvalue weighted by Gasteiger charge is 1.93. The second kappa shape index (κ2) is 8.38. The molecule has 0 aromatic carbocycles. The summed E-state index contributed by atoms with van der Waals surface area (Å²) in [6.07, 6.45) is 10.1. The Kier molecular flexibility index (Phi) is 7.87. The Balaban J connectivity index is 3.45. The SMILES string of the molecule is C=CN(CC=CC)CCCCC. The zero-order valence-corrected chi connectivity index (χ0v) is 8.42. The molecule has 0 aliphatic rings. The van der Waals surface area contributed by atoms with Crippen molar-refractivity contribution in [1.29, 1.82) is 0 Å². The molecule has 0 atom stereocenters. The lowest BCUT2D eigenvalue weighted by atomic mass is 10.2. The Labute approximate surface area is 76.8 Å². The molecule has 1 nitrogen and oxygen atoms in total. The summed E-state index contributed by atoms with van der Waals surface area (Å²) in [5, 5.41) is 0. The maximum atomic E-state index is 3.78. The number of rotatable bonds is 7. The second-order valence-electron chi connectivity index (χ2n) is 2.95. The summed E-state index contributed by atoms with van der Waals surface area (Å²) in [5.41, 5.74) is 0. The summed E-state index contributed by atoms with van der Waals surface area (Å²) in [6, 6.07) is 0. The van der Waals surface area contributed by atoms with Crippen molar-refractivity contribution in [3.8, 4) is 0 Å². The molecule has 0 fully saturated rings. The number of nitrogens with zero attached hydrogens (tertiary/aromatic N) is 1. The Bertz CT molecular complexity index is 127.